The van der Waals surface area contributed by atoms with E-state index in [4.69, 9.17) is 4.74 Å². The van der Waals surface area contributed by atoms with Gasteiger partial charge in [-0.25, -0.2) is 9.67 Å². The number of anilines is 1. The third kappa shape index (κ3) is 3.48. The van der Waals surface area contributed by atoms with Crippen LogP contribution in [0.2, 0.25) is 0 Å². The summed E-state index contributed by atoms with van der Waals surface area (Å²) in [6, 6.07) is 15.1. The van der Waals surface area contributed by atoms with Gasteiger partial charge in [0.2, 0.25) is 0 Å². The first-order valence-electron chi connectivity index (χ1n) is 10.1. The molecule has 0 aliphatic carbocycles. The average Bonchev–Trinajstić information content (AvgIpc) is 3.47. The van der Waals surface area contributed by atoms with Crippen LogP contribution in [0.1, 0.15) is 46.5 Å². The molecule has 3 heterocycles. The number of benzene rings is 2. The fraction of sp³-hybridized carbons (Fsp3) is 0.261. The molecule has 2 N–H and O–H groups in total. The lowest BCUT2D eigenvalue weighted by Gasteiger charge is -2.08. The van der Waals surface area contributed by atoms with Gasteiger partial charge in [-0.05, 0) is 75.2 Å². The van der Waals surface area contributed by atoms with Crippen molar-refractivity contribution in [2.24, 2.45) is 0 Å². The van der Waals surface area contributed by atoms with Crippen LogP contribution in [-0.2, 0) is 4.74 Å². The molecule has 2 aromatic heterocycles. The van der Waals surface area contributed by atoms with Gasteiger partial charge < -0.3 is 15.0 Å². The van der Waals surface area contributed by atoms with Crippen molar-refractivity contribution in [1.82, 2.24) is 19.7 Å². The molecule has 0 bridgehead atoms. The fourth-order valence-corrected chi connectivity index (χ4v) is 3.90. The minimum atomic E-state index is -0.159. The van der Waals surface area contributed by atoms with Gasteiger partial charge in [0.25, 0.3) is 5.91 Å². The standard InChI is InChI=1S/C23H23N5O2/c1-14-12-15(2)28(27-14)18-8-5-16(6-9-18)23(29)24-17-7-10-19-20(13-17)26-22(25-19)21-4-3-11-30-21/h5-10,12-13,21H,3-4,11H2,1-2H3,(H,24,29)(H,25,26)/t21-/m1/s1. The summed E-state index contributed by atoms with van der Waals surface area (Å²) in [7, 11) is 0. The highest BCUT2D eigenvalue weighted by atomic mass is 16.5. The summed E-state index contributed by atoms with van der Waals surface area (Å²) in [4.78, 5) is 20.6. The molecule has 5 rings (SSSR count). The largest absolute Gasteiger partial charge is 0.370 e. The smallest absolute Gasteiger partial charge is 0.255 e. The molecule has 0 radical (unpaired) electrons. The molecule has 0 spiro atoms. The van der Waals surface area contributed by atoms with Crippen LogP contribution >= 0.6 is 0 Å². The summed E-state index contributed by atoms with van der Waals surface area (Å²) in [6.07, 6.45) is 2.08. The first-order chi connectivity index (χ1) is 14.6. The lowest BCUT2D eigenvalue weighted by atomic mass is 10.2. The van der Waals surface area contributed by atoms with Crippen molar-refractivity contribution in [2.45, 2.75) is 32.8 Å². The molecule has 1 fully saturated rings. The predicted octanol–water partition coefficient (Wildman–Crippen LogP) is 4.47. The average molecular weight is 401 g/mol. The van der Waals surface area contributed by atoms with E-state index in [1.807, 2.05) is 67.1 Å². The van der Waals surface area contributed by atoms with Gasteiger partial charge in [-0.1, -0.05) is 0 Å². The number of amides is 1. The molecule has 0 saturated carbocycles. The Kier molecular flexibility index (Phi) is 4.59. The van der Waals surface area contributed by atoms with Gasteiger partial charge in [0.05, 0.1) is 22.4 Å². The predicted molar refractivity (Wildman–Crippen MR) is 115 cm³/mol. The van der Waals surface area contributed by atoms with Crippen LogP contribution in [-0.4, -0.2) is 32.3 Å². The number of rotatable bonds is 4. The van der Waals surface area contributed by atoms with Crippen LogP contribution in [0, 0.1) is 13.8 Å². The first-order valence-corrected chi connectivity index (χ1v) is 10.1. The Morgan fingerprint density at radius 1 is 1.17 bits per heavy atom. The number of carbonyl (C=O) groups is 1. The number of nitrogens with one attached hydrogen (secondary N) is 2. The maximum Gasteiger partial charge on any atom is 0.255 e. The molecule has 1 amide bonds. The van der Waals surface area contributed by atoms with Gasteiger partial charge in [-0.3, -0.25) is 4.79 Å². The Hall–Kier alpha value is -3.45. The van der Waals surface area contributed by atoms with Crippen LogP contribution in [0.25, 0.3) is 16.7 Å². The zero-order valence-electron chi connectivity index (χ0n) is 17.0. The van der Waals surface area contributed by atoms with E-state index >= 15 is 0 Å². The monoisotopic (exact) mass is 401 g/mol. The van der Waals surface area contributed by atoms with Gasteiger partial charge in [0, 0.05) is 23.6 Å². The minimum absolute atomic E-state index is 0.0381. The summed E-state index contributed by atoms with van der Waals surface area (Å²) in [5.41, 5.74) is 6.01. The van der Waals surface area contributed by atoms with Gasteiger partial charge in [-0.15, -0.1) is 0 Å². The van der Waals surface area contributed by atoms with E-state index in [0.717, 1.165) is 59.1 Å². The SMILES string of the molecule is Cc1cc(C)n(-c2ccc(C(=O)Nc3ccc4nc([C@H]5CCCO5)[nH]c4c3)cc2)n1. The number of nitrogens with zero attached hydrogens (tertiary/aromatic N) is 3. The topological polar surface area (TPSA) is 84.8 Å². The van der Waals surface area contributed by atoms with Gasteiger partial charge in [-0.2, -0.15) is 5.10 Å². The van der Waals surface area contributed by atoms with Gasteiger partial charge >= 0.3 is 0 Å². The number of H-pyrrole nitrogens is 1. The van der Waals surface area contributed by atoms with Crippen molar-refractivity contribution in [3.63, 3.8) is 0 Å². The number of carbonyl (C=O) groups excluding carboxylic acids is 1. The Balaban J connectivity index is 1.33. The van der Waals surface area contributed by atoms with E-state index in [9.17, 15) is 4.79 Å². The van der Waals surface area contributed by atoms with Crippen molar-refractivity contribution in [3.05, 3.63) is 71.3 Å². The van der Waals surface area contributed by atoms with Crippen LogP contribution in [0.4, 0.5) is 5.69 Å². The van der Waals surface area contributed by atoms with Gasteiger partial charge in [0.15, 0.2) is 0 Å². The summed E-state index contributed by atoms with van der Waals surface area (Å²) >= 11 is 0. The van der Waals surface area contributed by atoms with Crippen LogP contribution < -0.4 is 5.32 Å². The zero-order chi connectivity index (χ0) is 20.7. The Labute approximate surface area is 174 Å². The highest BCUT2D eigenvalue weighted by Crippen LogP contribution is 2.28. The highest BCUT2D eigenvalue weighted by Gasteiger charge is 2.21. The van der Waals surface area contributed by atoms with Crippen molar-refractivity contribution >= 4 is 22.6 Å². The molecule has 1 aliphatic rings. The Morgan fingerprint density at radius 3 is 2.70 bits per heavy atom. The number of aromatic nitrogens is 4. The van der Waals surface area contributed by atoms with Crippen molar-refractivity contribution in [2.75, 3.05) is 11.9 Å². The molecule has 4 aromatic rings. The van der Waals surface area contributed by atoms with Crippen LogP contribution in [0.5, 0.6) is 0 Å². The Morgan fingerprint density at radius 2 is 2.00 bits per heavy atom. The minimum Gasteiger partial charge on any atom is -0.370 e. The number of ether oxygens (including phenoxy) is 1. The molecule has 2 aromatic carbocycles. The second-order valence-corrected chi connectivity index (χ2v) is 7.70. The summed E-state index contributed by atoms with van der Waals surface area (Å²) < 4.78 is 7.57. The van der Waals surface area contributed by atoms with E-state index in [-0.39, 0.29) is 12.0 Å². The summed E-state index contributed by atoms with van der Waals surface area (Å²) in [5.74, 6) is 0.693. The first kappa shape index (κ1) is 18.6. The molecule has 30 heavy (non-hydrogen) atoms. The third-order valence-electron chi connectivity index (χ3n) is 5.38. The quantitative estimate of drug-likeness (QED) is 0.528. The molecule has 1 aliphatic heterocycles. The van der Waals surface area contributed by atoms with E-state index in [2.05, 4.69) is 20.4 Å². The normalized spacial score (nSPS) is 16.3. The van der Waals surface area contributed by atoms with Crippen molar-refractivity contribution < 1.29 is 9.53 Å². The molecule has 1 atom stereocenters. The maximum absolute atomic E-state index is 12.7. The molecule has 7 nitrogen and oxygen atoms in total. The van der Waals surface area contributed by atoms with Gasteiger partial charge in [0.1, 0.15) is 11.9 Å². The Bertz CT molecular complexity index is 1220. The second kappa shape index (κ2) is 7.42. The molecule has 1 saturated heterocycles. The van der Waals surface area contributed by atoms with E-state index in [1.54, 1.807) is 0 Å². The number of aromatic amines is 1. The molecular formula is C23H23N5O2. The third-order valence-corrected chi connectivity index (χ3v) is 5.38. The zero-order valence-corrected chi connectivity index (χ0v) is 17.0. The summed E-state index contributed by atoms with van der Waals surface area (Å²) in [5, 5.41) is 7.44. The van der Waals surface area contributed by atoms with Crippen molar-refractivity contribution in [1.29, 1.82) is 0 Å². The lowest BCUT2D eigenvalue weighted by Crippen LogP contribution is -2.12. The number of hydrogen-bond donors (Lipinski definition) is 2. The van der Waals surface area contributed by atoms with E-state index in [1.165, 1.54) is 0 Å². The highest BCUT2D eigenvalue weighted by molar-refractivity contribution is 6.05. The molecule has 7 heteroatoms. The van der Waals surface area contributed by atoms with Crippen LogP contribution in [0.3, 0.4) is 0 Å². The maximum atomic E-state index is 12.7. The number of hydrogen-bond acceptors (Lipinski definition) is 4. The fourth-order valence-electron chi connectivity index (χ4n) is 3.90. The lowest BCUT2D eigenvalue weighted by molar-refractivity contribution is 0.102. The number of aryl methyl sites for hydroxylation is 2. The molecule has 0 unspecified atom stereocenters. The molecular weight excluding hydrogens is 378 g/mol. The van der Waals surface area contributed by atoms with Crippen LogP contribution in [0.15, 0.2) is 48.5 Å². The van der Waals surface area contributed by atoms with E-state index in [0.29, 0.717) is 5.56 Å². The summed E-state index contributed by atoms with van der Waals surface area (Å²) in [6.45, 7) is 4.75. The second-order valence-electron chi connectivity index (χ2n) is 7.70. The van der Waals surface area contributed by atoms with Crippen molar-refractivity contribution in [3.8, 4) is 5.69 Å². The molecule has 152 valence electrons. The number of fused-ring (bicyclic) bond motifs is 1. The van der Waals surface area contributed by atoms with E-state index < -0.39 is 0 Å². The number of imidazole rings is 1.